The van der Waals surface area contributed by atoms with Gasteiger partial charge in [0.15, 0.2) is 16.6 Å². The van der Waals surface area contributed by atoms with E-state index in [1.54, 1.807) is 14.2 Å². The Morgan fingerprint density at radius 2 is 1.80 bits per heavy atom. The first-order valence-electron chi connectivity index (χ1n) is 11.8. The van der Waals surface area contributed by atoms with Crippen molar-refractivity contribution in [2.45, 2.75) is 40.2 Å². The lowest BCUT2D eigenvalue weighted by molar-refractivity contribution is 0.355. The van der Waals surface area contributed by atoms with Crippen molar-refractivity contribution in [3.8, 4) is 22.9 Å². The smallest absolute Gasteiger partial charge is 0.258 e. The number of hydrogen-bond donors (Lipinski definition) is 1. The zero-order valence-corrected chi connectivity index (χ0v) is 21.9. The standard InChI is InChI=1S/C27H32N4O3S/c1-7-18-8-10-19(11-9-18)24-23(17(4)31(15-16(2)3)27(35)28-24)26-29-25(30-34-26)20-12-13-21(32-5)22(14-20)33-6/h8-14,16,24H,7,15H2,1-6H3,(H,28,35). The molecule has 1 aromatic heterocycles. The summed E-state index contributed by atoms with van der Waals surface area (Å²) in [6.07, 6.45) is 0.985. The molecule has 0 bridgehead atoms. The Hall–Kier alpha value is -3.39. The molecule has 0 amide bonds. The molecule has 4 rings (SSSR count). The zero-order chi connectivity index (χ0) is 25.1. The molecule has 1 aliphatic rings. The number of hydrogen-bond acceptors (Lipinski definition) is 6. The number of nitrogens with zero attached hydrogens (tertiary/aromatic N) is 3. The number of aryl methyl sites for hydroxylation is 1. The number of aromatic nitrogens is 2. The summed E-state index contributed by atoms with van der Waals surface area (Å²) in [6, 6.07) is 13.9. The van der Waals surface area contributed by atoms with E-state index in [-0.39, 0.29) is 6.04 Å². The van der Waals surface area contributed by atoms with Crippen LogP contribution in [0.25, 0.3) is 17.0 Å². The summed E-state index contributed by atoms with van der Waals surface area (Å²) < 4.78 is 16.6. The first-order valence-corrected chi connectivity index (χ1v) is 12.2. The van der Waals surface area contributed by atoms with Crippen molar-refractivity contribution in [2.75, 3.05) is 20.8 Å². The van der Waals surface area contributed by atoms with Gasteiger partial charge in [-0.25, -0.2) is 0 Å². The lowest BCUT2D eigenvalue weighted by Crippen LogP contribution is -2.47. The number of nitrogens with one attached hydrogen (secondary N) is 1. The third-order valence-electron chi connectivity index (χ3n) is 6.16. The van der Waals surface area contributed by atoms with Crippen LogP contribution in [-0.4, -0.2) is 40.9 Å². The summed E-state index contributed by atoms with van der Waals surface area (Å²) >= 11 is 5.77. The quantitative estimate of drug-likeness (QED) is 0.406. The van der Waals surface area contributed by atoms with Crippen LogP contribution in [0.4, 0.5) is 0 Å². The van der Waals surface area contributed by atoms with Gasteiger partial charge in [-0.3, -0.25) is 0 Å². The Morgan fingerprint density at radius 3 is 2.43 bits per heavy atom. The van der Waals surface area contributed by atoms with E-state index in [9.17, 15) is 0 Å². The largest absolute Gasteiger partial charge is 0.493 e. The normalized spacial score (nSPS) is 16.0. The number of benzene rings is 2. The van der Waals surface area contributed by atoms with Crippen molar-refractivity contribution < 1.29 is 14.0 Å². The number of ether oxygens (including phenoxy) is 2. The van der Waals surface area contributed by atoms with E-state index in [2.05, 4.69) is 67.3 Å². The maximum atomic E-state index is 5.84. The molecule has 8 heteroatoms. The summed E-state index contributed by atoms with van der Waals surface area (Å²) in [5.74, 6) is 2.61. The molecular formula is C27H32N4O3S. The third kappa shape index (κ3) is 5.03. The maximum Gasteiger partial charge on any atom is 0.258 e. The second-order valence-electron chi connectivity index (χ2n) is 8.97. The maximum absolute atomic E-state index is 5.84. The summed E-state index contributed by atoms with van der Waals surface area (Å²) in [5.41, 5.74) is 5.08. The summed E-state index contributed by atoms with van der Waals surface area (Å²) in [6.45, 7) is 9.36. The SMILES string of the molecule is CCc1ccc(C2NC(=S)N(CC(C)C)C(C)=C2c2nc(-c3ccc(OC)c(OC)c3)no2)cc1. The van der Waals surface area contributed by atoms with E-state index in [4.69, 9.17) is 31.2 Å². The van der Waals surface area contributed by atoms with Gasteiger partial charge in [0.1, 0.15) is 0 Å². The van der Waals surface area contributed by atoms with Crippen LogP contribution in [0.15, 0.2) is 52.7 Å². The molecule has 3 aromatic rings. The van der Waals surface area contributed by atoms with Crippen molar-refractivity contribution in [3.63, 3.8) is 0 Å². The van der Waals surface area contributed by atoms with Crippen LogP contribution >= 0.6 is 12.2 Å². The Bertz CT molecular complexity index is 1230. The van der Waals surface area contributed by atoms with Crippen LogP contribution in [0.1, 0.15) is 50.8 Å². The van der Waals surface area contributed by atoms with Crippen molar-refractivity contribution in [3.05, 3.63) is 65.2 Å². The van der Waals surface area contributed by atoms with E-state index in [0.29, 0.717) is 34.2 Å². The van der Waals surface area contributed by atoms with Crippen molar-refractivity contribution in [1.82, 2.24) is 20.4 Å². The minimum absolute atomic E-state index is 0.199. The molecule has 0 radical (unpaired) electrons. The second kappa shape index (κ2) is 10.5. The lowest BCUT2D eigenvalue weighted by atomic mass is 9.93. The fourth-order valence-electron chi connectivity index (χ4n) is 4.26. The molecule has 184 valence electrons. The number of thiocarbonyl (C=S) groups is 1. The Labute approximate surface area is 212 Å². The van der Waals surface area contributed by atoms with Gasteiger partial charge < -0.3 is 24.2 Å². The van der Waals surface area contributed by atoms with Gasteiger partial charge in [0, 0.05) is 17.8 Å². The number of rotatable bonds is 8. The van der Waals surface area contributed by atoms with Gasteiger partial charge in [0.05, 0.1) is 25.8 Å². The molecular weight excluding hydrogens is 460 g/mol. The minimum atomic E-state index is -0.199. The molecule has 35 heavy (non-hydrogen) atoms. The van der Waals surface area contributed by atoms with Crippen LogP contribution in [0.3, 0.4) is 0 Å². The Kier molecular flexibility index (Phi) is 7.40. The van der Waals surface area contributed by atoms with Crippen molar-refractivity contribution >= 4 is 22.9 Å². The topological polar surface area (TPSA) is 72.7 Å². The van der Waals surface area contributed by atoms with Crippen LogP contribution in [0.2, 0.25) is 0 Å². The molecule has 2 aromatic carbocycles. The summed E-state index contributed by atoms with van der Waals surface area (Å²) in [4.78, 5) is 6.91. The fraction of sp³-hybridized carbons (Fsp3) is 0.370. The predicted molar refractivity (Wildman–Crippen MR) is 141 cm³/mol. The van der Waals surface area contributed by atoms with Crippen molar-refractivity contribution in [1.29, 1.82) is 0 Å². The fourth-order valence-corrected chi connectivity index (χ4v) is 4.59. The van der Waals surface area contributed by atoms with E-state index in [1.807, 2.05) is 18.2 Å². The van der Waals surface area contributed by atoms with Crippen molar-refractivity contribution in [2.24, 2.45) is 5.92 Å². The minimum Gasteiger partial charge on any atom is -0.493 e. The average molecular weight is 493 g/mol. The molecule has 7 nitrogen and oxygen atoms in total. The number of methoxy groups -OCH3 is 2. The Morgan fingerprint density at radius 1 is 1.09 bits per heavy atom. The highest BCUT2D eigenvalue weighted by atomic mass is 32.1. The van der Waals surface area contributed by atoms with Gasteiger partial charge in [-0.15, -0.1) is 0 Å². The van der Waals surface area contributed by atoms with E-state index in [0.717, 1.165) is 35.4 Å². The third-order valence-corrected chi connectivity index (χ3v) is 6.50. The molecule has 0 saturated heterocycles. The first-order chi connectivity index (χ1) is 16.9. The highest BCUT2D eigenvalue weighted by Crippen LogP contribution is 2.38. The molecule has 1 N–H and O–H groups in total. The monoisotopic (exact) mass is 492 g/mol. The van der Waals surface area contributed by atoms with Gasteiger partial charge in [-0.2, -0.15) is 4.98 Å². The zero-order valence-electron chi connectivity index (χ0n) is 21.1. The highest BCUT2D eigenvalue weighted by Gasteiger charge is 2.34. The molecule has 0 spiro atoms. The van der Waals surface area contributed by atoms with Gasteiger partial charge in [-0.1, -0.05) is 50.2 Å². The predicted octanol–water partition coefficient (Wildman–Crippen LogP) is 5.63. The van der Waals surface area contributed by atoms with Crippen LogP contribution < -0.4 is 14.8 Å². The molecule has 2 heterocycles. The Balaban J connectivity index is 1.79. The van der Waals surface area contributed by atoms with Crippen LogP contribution in [-0.2, 0) is 6.42 Å². The van der Waals surface area contributed by atoms with E-state index in [1.165, 1.54) is 5.56 Å². The van der Waals surface area contributed by atoms with E-state index < -0.39 is 0 Å². The first kappa shape index (κ1) is 24.7. The molecule has 1 atom stereocenters. The molecule has 0 saturated carbocycles. The molecule has 1 unspecified atom stereocenters. The summed E-state index contributed by atoms with van der Waals surface area (Å²) in [7, 11) is 3.21. The molecule has 0 aliphatic carbocycles. The second-order valence-corrected chi connectivity index (χ2v) is 9.36. The van der Waals surface area contributed by atoms with Crippen LogP contribution in [0.5, 0.6) is 11.5 Å². The van der Waals surface area contributed by atoms with Gasteiger partial charge in [0.25, 0.3) is 5.89 Å². The number of allylic oxidation sites excluding steroid dienone is 1. The van der Waals surface area contributed by atoms with Gasteiger partial charge in [-0.05, 0) is 60.8 Å². The summed E-state index contributed by atoms with van der Waals surface area (Å²) in [5, 5.41) is 8.51. The van der Waals surface area contributed by atoms with Crippen LogP contribution in [0, 0.1) is 5.92 Å². The molecule has 1 aliphatic heterocycles. The van der Waals surface area contributed by atoms with Gasteiger partial charge >= 0.3 is 0 Å². The highest BCUT2D eigenvalue weighted by molar-refractivity contribution is 7.80. The average Bonchev–Trinajstić information content (AvgIpc) is 3.35. The molecule has 0 fully saturated rings. The lowest BCUT2D eigenvalue weighted by Gasteiger charge is -2.38. The van der Waals surface area contributed by atoms with E-state index >= 15 is 0 Å². The van der Waals surface area contributed by atoms with Gasteiger partial charge in [0.2, 0.25) is 5.82 Å².